The Hall–Kier alpha value is -2.36. The van der Waals surface area contributed by atoms with E-state index in [1.54, 1.807) is 13.2 Å². The molecule has 2 aromatic rings. The number of phenolic OH excluding ortho intramolecular Hbond substituents is 1. The lowest BCUT2D eigenvalue weighted by Gasteiger charge is -2.26. The van der Waals surface area contributed by atoms with E-state index in [2.05, 4.69) is 12.1 Å². The van der Waals surface area contributed by atoms with E-state index in [0.29, 0.717) is 18.1 Å². The van der Waals surface area contributed by atoms with E-state index < -0.39 is 0 Å². The van der Waals surface area contributed by atoms with Crippen LogP contribution in [0.1, 0.15) is 17.0 Å². The second-order valence-corrected chi connectivity index (χ2v) is 5.09. The molecule has 1 aliphatic heterocycles. The summed E-state index contributed by atoms with van der Waals surface area (Å²) in [4.78, 5) is 0. The average Bonchev–Trinajstić information content (AvgIpc) is 2.55. The topological polar surface area (TPSA) is 47.9 Å². The van der Waals surface area contributed by atoms with Gasteiger partial charge in [-0.3, -0.25) is 0 Å². The number of methoxy groups -OCH3 is 2. The molecule has 2 aromatic carbocycles. The van der Waals surface area contributed by atoms with Crippen molar-refractivity contribution in [3.63, 3.8) is 0 Å². The molecule has 110 valence electrons. The molecular weight excluding hydrogens is 268 g/mol. The Morgan fingerprint density at radius 1 is 1.05 bits per heavy atom. The van der Waals surface area contributed by atoms with Crippen LogP contribution in [-0.4, -0.2) is 25.9 Å². The van der Waals surface area contributed by atoms with E-state index >= 15 is 0 Å². The van der Waals surface area contributed by atoms with Gasteiger partial charge < -0.3 is 19.3 Å². The zero-order chi connectivity index (χ0) is 14.8. The molecule has 0 saturated carbocycles. The van der Waals surface area contributed by atoms with Gasteiger partial charge in [-0.15, -0.1) is 0 Å². The third-order valence-electron chi connectivity index (χ3n) is 3.88. The summed E-state index contributed by atoms with van der Waals surface area (Å²) in [6.45, 7) is 0.542. The molecule has 1 atom stereocenters. The van der Waals surface area contributed by atoms with Gasteiger partial charge in [0.05, 0.1) is 20.8 Å². The molecule has 0 aliphatic carbocycles. The first-order valence-corrected chi connectivity index (χ1v) is 6.88. The van der Waals surface area contributed by atoms with Crippen LogP contribution in [-0.2, 0) is 6.42 Å². The first-order chi connectivity index (χ1) is 10.2. The molecule has 0 amide bonds. The van der Waals surface area contributed by atoms with E-state index in [1.807, 2.05) is 18.2 Å². The van der Waals surface area contributed by atoms with E-state index in [-0.39, 0.29) is 11.7 Å². The van der Waals surface area contributed by atoms with Crippen molar-refractivity contribution >= 4 is 0 Å². The quantitative estimate of drug-likeness (QED) is 0.941. The first-order valence-electron chi connectivity index (χ1n) is 6.88. The van der Waals surface area contributed by atoms with Crippen LogP contribution in [0.15, 0.2) is 36.4 Å². The number of phenols is 1. The van der Waals surface area contributed by atoms with Gasteiger partial charge in [0.25, 0.3) is 0 Å². The molecule has 4 heteroatoms. The lowest BCUT2D eigenvalue weighted by atomic mass is 9.90. The van der Waals surface area contributed by atoms with E-state index in [9.17, 15) is 5.11 Å². The Morgan fingerprint density at radius 3 is 2.48 bits per heavy atom. The second-order valence-electron chi connectivity index (χ2n) is 5.09. The predicted molar refractivity (Wildman–Crippen MR) is 79.6 cm³/mol. The number of benzene rings is 2. The molecule has 0 spiro atoms. The number of hydrogen-bond acceptors (Lipinski definition) is 4. The van der Waals surface area contributed by atoms with Crippen molar-refractivity contribution in [1.29, 1.82) is 0 Å². The normalized spacial score (nSPS) is 16.8. The molecular formula is C17H18O4. The standard InChI is InChI=1S/C17H18O4/c1-19-14-6-3-11(4-7-14)13-9-12-5-8-15(20-2)16(18)17(12)21-10-13/h3-8,13,18H,9-10H2,1-2H3. The van der Waals surface area contributed by atoms with Crippen molar-refractivity contribution in [2.75, 3.05) is 20.8 Å². The first kappa shape index (κ1) is 13.6. The van der Waals surface area contributed by atoms with Crippen LogP contribution in [0.2, 0.25) is 0 Å². The summed E-state index contributed by atoms with van der Waals surface area (Å²) in [5, 5.41) is 10.1. The van der Waals surface area contributed by atoms with Crippen molar-refractivity contribution in [3.05, 3.63) is 47.5 Å². The van der Waals surface area contributed by atoms with Crippen molar-refractivity contribution in [2.45, 2.75) is 12.3 Å². The third-order valence-corrected chi connectivity index (χ3v) is 3.88. The lowest BCUT2D eigenvalue weighted by Crippen LogP contribution is -2.19. The fraction of sp³-hybridized carbons (Fsp3) is 0.294. The molecule has 21 heavy (non-hydrogen) atoms. The van der Waals surface area contributed by atoms with Crippen LogP contribution < -0.4 is 14.2 Å². The summed E-state index contributed by atoms with van der Waals surface area (Å²) in [5.74, 6) is 2.19. The van der Waals surface area contributed by atoms with Gasteiger partial charge in [0.15, 0.2) is 11.5 Å². The van der Waals surface area contributed by atoms with Crippen molar-refractivity contribution in [1.82, 2.24) is 0 Å². The highest BCUT2D eigenvalue weighted by Crippen LogP contribution is 2.43. The maximum atomic E-state index is 10.1. The van der Waals surface area contributed by atoms with Crippen molar-refractivity contribution in [3.8, 4) is 23.0 Å². The van der Waals surface area contributed by atoms with Gasteiger partial charge in [0.2, 0.25) is 5.75 Å². The minimum absolute atomic E-state index is 0.0863. The van der Waals surface area contributed by atoms with Crippen molar-refractivity contribution in [2.24, 2.45) is 0 Å². The summed E-state index contributed by atoms with van der Waals surface area (Å²) >= 11 is 0. The second kappa shape index (κ2) is 5.56. The van der Waals surface area contributed by atoms with Gasteiger partial charge in [-0.05, 0) is 35.7 Å². The van der Waals surface area contributed by atoms with Gasteiger partial charge in [0.1, 0.15) is 5.75 Å². The third kappa shape index (κ3) is 2.49. The van der Waals surface area contributed by atoms with Crippen LogP contribution in [0, 0.1) is 0 Å². The molecule has 0 radical (unpaired) electrons. The van der Waals surface area contributed by atoms with Crippen LogP contribution in [0.4, 0.5) is 0 Å². The summed E-state index contributed by atoms with van der Waals surface area (Å²) < 4.78 is 16.0. The fourth-order valence-corrected chi connectivity index (χ4v) is 2.68. The Balaban J connectivity index is 1.85. The van der Waals surface area contributed by atoms with Crippen molar-refractivity contribution < 1.29 is 19.3 Å². The van der Waals surface area contributed by atoms with Gasteiger partial charge in [-0.1, -0.05) is 18.2 Å². The van der Waals surface area contributed by atoms with Crippen LogP contribution in [0.5, 0.6) is 23.0 Å². The molecule has 0 saturated heterocycles. The number of rotatable bonds is 3. The van der Waals surface area contributed by atoms with Crippen LogP contribution in [0.25, 0.3) is 0 Å². The summed E-state index contributed by atoms with van der Waals surface area (Å²) in [7, 11) is 3.19. The van der Waals surface area contributed by atoms with Crippen LogP contribution >= 0.6 is 0 Å². The predicted octanol–water partition coefficient (Wildman–Crippen LogP) is 3.13. The SMILES string of the molecule is COc1ccc(C2COc3c(ccc(OC)c3O)C2)cc1. The Kier molecular flexibility index (Phi) is 3.60. The summed E-state index contributed by atoms with van der Waals surface area (Å²) in [6, 6.07) is 11.7. The molecule has 1 N–H and O–H groups in total. The zero-order valence-electron chi connectivity index (χ0n) is 12.1. The van der Waals surface area contributed by atoms with Crippen LogP contribution in [0.3, 0.4) is 0 Å². The lowest BCUT2D eigenvalue weighted by molar-refractivity contribution is 0.245. The molecule has 0 fully saturated rings. The average molecular weight is 286 g/mol. The Labute approximate surface area is 123 Å². The molecule has 1 unspecified atom stereocenters. The highest BCUT2D eigenvalue weighted by atomic mass is 16.5. The molecule has 0 bridgehead atoms. The maximum absolute atomic E-state index is 10.1. The smallest absolute Gasteiger partial charge is 0.201 e. The summed E-state index contributed by atoms with van der Waals surface area (Å²) in [6.07, 6.45) is 0.833. The number of aromatic hydroxyl groups is 1. The van der Waals surface area contributed by atoms with Gasteiger partial charge in [-0.25, -0.2) is 0 Å². The minimum Gasteiger partial charge on any atom is -0.502 e. The number of fused-ring (bicyclic) bond motifs is 1. The van der Waals surface area contributed by atoms with Gasteiger partial charge >= 0.3 is 0 Å². The largest absolute Gasteiger partial charge is 0.502 e. The maximum Gasteiger partial charge on any atom is 0.201 e. The number of hydrogen-bond donors (Lipinski definition) is 1. The number of ether oxygens (including phenoxy) is 3. The highest BCUT2D eigenvalue weighted by Gasteiger charge is 2.25. The molecule has 0 aromatic heterocycles. The molecule has 4 nitrogen and oxygen atoms in total. The van der Waals surface area contributed by atoms with Gasteiger partial charge in [-0.2, -0.15) is 0 Å². The molecule has 1 aliphatic rings. The minimum atomic E-state index is 0.0863. The highest BCUT2D eigenvalue weighted by molar-refractivity contribution is 5.56. The molecule has 3 rings (SSSR count). The molecule has 1 heterocycles. The Bertz CT molecular complexity index is 634. The summed E-state index contributed by atoms with van der Waals surface area (Å²) in [5.41, 5.74) is 2.21. The Morgan fingerprint density at radius 2 is 1.81 bits per heavy atom. The fourth-order valence-electron chi connectivity index (χ4n) is 2.68. The van der Waals surface area contributed by atoms with E-state index in [1.165, 1.54) is 12.7 Å². The van der Waals surface area contributed by atoms with E-state index in [0.717, 1.165) is 17.7 Å². The van der Waals surface area contributed by atoms with E-state index in [4.69, 9.17) is 14.2 Å². The zero-order valence-corrected chi connectivity index (χ0v) is 12.1. The monoisotopic (exact) mass is 286 g/mol. The van der Waals surface area contributed by atoms with Gasteiger partial charge in [0, 0.05) is 5.92 Å².